The van der Waals surface area contributed by atoms with Gasteiger partial charge in [0, 0.05) is 4.47 Å². The molecule has 0 fully saturated rings. The predicted molar refractivity (Wildman–Crippen MR) is 72.7 cm³/mol. The molecular weight excluding hydrogens is 282 g/mol. The van der Waals surface area contributed by atoms with Gasteiger partial charge in [-0.2, -0.15) is 0 Å². The molecule has 17 heavy (non-hydrogen) atoms. The number of methoxy groups -OCH3 is 1. The average molecular weight is 300 g/mol. The van der Waals surface area contributed by atoms with Gasteiger partial charge >= 0.3 is 0 Å². The molecule has 4 heteroatoms. The molecule has 1 atom stereocenters. The van der Waals surface area contributed by atoms with Crippen LogP contribution in [-0.2, 0) is 0 Å². The highest BCUT2D eigenvalue weighted by molar-refractivity contribution is 9.10. The molecule has 0 heterocycles. The first kappa shape index (κ1) is 14.2. The van der Waals surface area contributed by atoms with Crippen LogP contribution in [0.15, 0.2) is 22.7 Å². The smallest absolute Gasteiger partial charge is 0.183 e. The molecule has 0 amide bonds. The largest absolute Gasteiger partial charge is 0.496 e. The molecule has 0 saturated carbocycles. The Bertz CT molecular complexity index is 404. The van der Waals surface area contributed by atoms with Gasteiger partial charge in [0.05, 0.1) is 18.7 Å². The van der Waals surface area contributed by atoms with Crippen molar-refractivity contribution in [2.75, 3.05) is 14.2 Å². The van der Waals surface area contributed by atoms with Crippen molar-refractivity contribution >= 4 is 21.7 Å². The van der Waals surface area contributed by atoms with Gasteiger partial charge in [-0.15, -0.1) is 0 Å². The maximum atomic E-state index is 12.4. The first-order valence-electron chi connectivity index (χ1n) is 5.56. The lowest BCUT2D eigenvalue weighted by molar-refractivity contribution is 0.0919. The highest BCUT2D eigenvalue weighted by Gasteiger charge is 2.24. The quantitative estimate of drug-likeness (QED) is 0.850. The van der Waals surface area contributed by atoms with Gasteiger partial charge in [-0.25, -0.2) is 0 Å². The van der Waals surface area contributed by atoms with Crippen molar-refractivity contribution in [1.82, 2.24) is 5.32 Å². The van der Waals surface area contributed by atoms with Crippen molar-refractivity contribution in [3.63, 3.8) is 0 Å². The summed E-state index contributed by atoms with van der Waals surface area (Å²) in [7, 11) is 3.37. The van der Waals surface area contributed by atoms with E-state index in [9.17, 15) is 4.79 Å². The Balaban J connectivity index is 3.13. The van der Waals surface area contributed by atoms with Crippen LogP contribution in [0.4, 0.5) is 0 Å². The van der Waals surface area contributed by atoms with E-state index in [2.05, 4.69) is 21.2 Å². The van der Waals surface area contributed by atoms with E-state index in [0.29, 0.717) is 11.3 Å². The lowest BCUT2D eigenvalue weighted by Gasteiger charge is -2.20. The van der Waals surface area contributed by atoms with Crippen LogP contribution in [-0.4, -0.2) is 26.0 Å². The Kier molecular flexibility index (Phi) is 5.15. The van der Waals surface area contributed by atoms with Gasteiger partial charge in [0.1, 0.15) is 5.75 Å². The van der Waals surface area contributed by atoms with E-state index in [1.165, 1.54) is 0 Å². The molecule has 1 N–H and O–H groups in total. The number of hydrogen-bond acceptors (Lipinski definition) is 3. The molecule has 0 aliphatic carbocycles. The second-order valence-corrected chi connectivity index (χ2v) is 5.13. The van der Waals surface area contributed by atoms with Crippen molar-refractivity contribution in [2.45, 2.75) is 19.9 Å². The highest BCUT2D eigenvalue weighted by atomic mass is 79.9. The minimum absolute atomic E-state index is 0.0562. The van der Waals surface area contributed by atoms with Crippen molar-refractivity contribution in [1.29, 1.82) is 0 Å². The van der Waals surface area contributed by atoms with E-state index in [4.69, 9.17) is 4.74 Å². The molecule has 1 aromatic rings. The van der Waals surface area contributed by atoms with Crippen LogP contribution in [0.5, 0.6) is 5.75 Å². The first-order valence-corrected chi connectivity index (χ1v) is 6.35. The molecule has 1 aromatic carbocycles. The number of carbonyl (C=O) groups excluding carboxylic acids is 1. The summed E-state index contributed by atoms with van der Waals surface area (Å²) in [5.74, 6) is 0.899. The first-order chi connectivity index (χ1) is 8.01. The zero-order valence-electron chi connectivity index (χ0n) is 10.6. The molecule has 94 valence electrons. The number of rotatable bonds is 5. The normalized spacial score (nSPS) is 12.6. The summed E-state index contributed by atoms with van der Waals surface area (Å²) in [5.41, 5.74) is 0.606. The predicted octanol–water partition coefficient (Wildman–Crippen LogP) is 2.88. The lowest BCUT2D eigenvalue weighted by atomic mass is 9.94. The zero-order chi connectivity index (χ0) is 13.0. The number of halogens is 1. The Hall–Kier alpha value is -0.870. The van der Waals surface area contributed by atoms with Crippen LogP contribution < -0.4 is 10.1 Å². The van der Waals surface area contributed by atoms with Crippen LogP contribution in [0.2, 0.25) is 0 Å². The number of Topliss-reactive ketones (excluding diaryl/α,β-unsaturated/α-hetero) is 1. The third-order valence-corrected chi connectivity index (χ3v) is 3.18. The summed E-state index contributed by atoms with van der Waals surface area (Å²) in [6, 6.07) is 5.26. The summed E-state index contributed by atoms with van der Waals surface area (Å²) in [4.78, 5) is 12.4. The number of ether oxygens (including phenoxy) is 1. The van der Waals surface area contributed by atoms with Crippen LogP contribution in [0.3, 0.4) is 0 Å². The van der Waals surface area contributed by atoms with Gasteiger partial charge in [-0.1, -0.05) is 29.8 Å². The van der Waals surface area contributed by atoms with E-state index in [1.807, 2.05) is 19.9 Å². The number of likely N-dealkylation sites (N-methyl/N-ethyl adjacent to an activating group) is 1. The molecule has 0 bridgehead atoms. The number of hydrogen-bond donors (Lipinski definition) is 1. The Morgan fingerprint density at radius 3 is 2.53 bits per heavy atom. The fourth-order valence-corrected chi connectivity index (χ4v) is 2.17. The monoisotopic (exact) mass is 299 g/mol. The maximum absolute atomic E-state index is 12.4. The van der Waals surface area contributed by atoms with Crippen molar-refractivity contribution in [3.05, 3.63) is 28.2 Å². The fraction of sp³-hybridized carbons (Fsp3) is 0.462. The van der Waals surface area contributed by atoms with Crippen LogP contribution in [0.25, 0.3) is 0 Å². The van der Waals surface area contributed by atoms with Crippen molar-refractivity contribution in [2.24, 2.45) is 5.92 Å². The number of benzene rings is 1. The summed E-state index contributed by atoms with van der Waals surface area (Å²) < 4.78 is 6.10. The van der Waals surface area contributed by atoms with Crippen molar-refractivity contribution < 1.29 is 9.53 Å². The third kappa shape index (κ3) is 3.30. The fourth-order valence-electron chi connectivity index (χ4n) is 1.81. The van der Waals surface area contributed by atoms with Gasteiger partial charge in [-0.3, -0.25) is 4.79 Å². The van der Waals surface area contributed by atoms with Gasteiger partial charge in [0.25, 0.3) is 0 Å². The van der Waals surface area contributed by atoms with E-state index in [0.717, 1.165) is 4.47 Å². The van der Waals surface area contributed by atoms with E-state index >= 15 is 0 Å². The van der Waals surface area contributed by atoms with E-state index in [1.54, 1.807) is 26.3 Å². The second kappa shape index (κ2) is 6.17. The summed E-state index contributed by atoms with van der Waals surface area (Å²) in [6.07, 6.45) is 0. The molecule has 1 unspecified atom stereocenters. The second-order valence-electron chi connectivity index (χ2n) is 4.22. The SMILES string of the molecule is CNC(C(=O)c1cc(Br)ccc1OC)C(C)C. The summed E-state index contributed by atoms with van der Waals surface area (Å²) in [5, 5.41) is 3.05. The summed E-state index contributed by atoms with van der Waals surface area (Å²) in [6.45, 7) is 4.03. The molecule has 0 radical (unpaired) electrons. The molecule has 0 aromatic heterocycles. The number of ketones is 1. The molecule has 0 saturated heterocycles. The van der Waals surface area contributed by atoms with E-state index in [-0.39, 0.29) is 17.7 Å². The Labute approximate surface area is 111 Å². The van der Waals surface area contributed by atoms with Crippen LogP contribution in [0.1, 0.15) is 24.2 Å². The number of nitrogens with one attached hydrogen (secondary N) is 1. The zero-order valence-corrected chi connectivity index (χ0v) is 12.2. The molecule has 0 aliphatic rings. The van der Waals surface area contributed by atoms with Gasteiger partial charge in [-0.05, 0) is 31.2 Å². The van der Waals surface area contributed by atoms with E-state index < -0.39 is 0 Å². The molecule has 1 rings (SSSR count). The lowest BCUT2D eigenvalue weighted by Crippen LogP contribution is -2.38. The van der Waals surface area contributed by atoms with Gasteiger partial charge in [0.15, 0.2) is 5.78 Å². The average Bonchev–Trinajstić information content (AvgIpc) is 2.29. The van der Waals surface area contributed by atoms with Crippen LogP contribution >= 0.6 is 15.9 Å². The highest BCUT2D eigenvalue weighted by Crippen LogP contribution is 2.25. The minimum atomic E-state index is -0.196. The molecule has 0 spiro atoms. The standard InChI is InChI=1S/C13H18BrNO2/c1-8(2)12(15-3)13(16)10-7-9(14)5-6-11(10)17-4/h5-8,12,15H,1-4H3. The van der Waals surface area contributed by atoms with Gasteiger partial charge < -0.3 is 10.1 Å². The molecule has 3 nitrogen and oxygen atoms in total. The third-order valence-electron chi connectivity index (χ3n) is 2.69. The van der Waals surface area contributed by atoms with Gasteiger partial charge in [0.2, 0.25) is 0 Å². The molecular formula is C13H18BrNO2. The Morgan fingerprint density at radius 1 is 1.41 bits per heavy atom. The maximum Gasteiger partial charge on any atom is 0.183 e. The Morgan fingerprint density at radius 2 is 2.06 bits per heavy atom. The minimum Gasteiger partial charge on any atom is -0.496 e. The topological polar surface area (TPSA) is 38.3 Å². The summed E-state index contributed by atoms with van der Waals surface area (Å²) >= 11 is 3.37. The number of carbonyl (C=O) groups is 1. The van der Waals surface area contributed by atoms with Crippen molar-refractivity contribution in [3.8, 4) is 5.75 Å². The molecule has 0 aliphatic heterocycles. The van der Waals surface area contributed by atoms with Crippen LogP contribution in [0, 0.1) is 5.92 Å².